The van der Waals surface area contributed by atoms with Gasteiger partial charge in [-0.1, -0.05) is 0 Å². The van der Waals surface area contributed by atoms with Crippen molar-refractivity contribution in [1.82, 2.24) is 15.2 Å². The molecule has 1 atom stereocenters. The van der Waals surface area contributed by atoms with Crippen LogP contribution in [0.5, 0.6) is 0 Å². The van der Waals surface area contributed by atoms with Crippen LogP contribution in [0.25, 0.3) is 0 Å². The van der Waals surface area contributed by atoms with Gasteiger partial charge >= 0.3 is 6.18 Å². The molecule has 8 nitrogen and oxygen atoms in total. The highest BCUT2D eigenvalue weighted by atomic mass is 19.4. The number of amides is 3. The predicted molar refractivity (Wildman–Crippen MR) is 107 cm³/mol. The number of carbonyl (C=O) groups is 3. The third kappa shape index (κ3) is 5.64. The highest BCUT2D eigenvalue weighted by molar-refractivity contribution is 6.09. The summed E-state index contributed by atoms with van der Waals surface area (Å²) in [6.45, 7) is -1.62. The second-order valence-electron chi connectivity index (χ2n) is 7.36. The van der Waals surface area contributed by atoms with Gasteiger partial charge in [0.15, 0.2) is 0 Å². The van der Waals surface area contributed by atoms with E-state index in [4.69, 9.17) is 5.26 Å². The van der Waals surface area contributed by atoms with Gasteiger partial charge in [-0.05, 0) is 30.3 Å². The van der Waals surface area contributed by atoms with Crippen molar-refractivity contribution in [2.75, 3.05) is 18.4 Å². The first kappa shape index (κ1) is 24.6. The zero-order valence-electron chi connectivity index (χ0n) is 17.2. The van der Waals surface area contributed by atoms with Crippen LogP contribution in [-0.2, 0) is 11.0 Å². The number of likely N-dealkylation sites (tertiary alicyclic amines) is 1. The normalized spacial score (nSPS) is 17.1. The number of nitriles is 1. The number of benzene rings is 1. The van der Waals surface area contributed by atoms with Gasteiger partial charge < -0.3 is 15.5 Å². The summed E-state index contributed by atoms with van der Waals surface area (Å²) < 4.78 is 65.1. The van der Waals surface area contributed by atoms with Crippen LogP contribution in [0.15, 0.2) is 42.7 Å². The first-order valence-electron chi connectivity index (χ1n) is 9.69. The molecule has 0 spiro atoms. The molecule has 0 radical (unpaired) electrons. The molecule has 1 aromatic heterocycles. The number of nitrogens with zero attached hydrogens (tertiary/aromatic N) is 3. The number of carbonyl (C=O) groups excluding carboxylic acids is 3. The van der Waals surface area contributed by atoms with E-state index in [1.807, 2.05) is 0 Å². The summed E-state index contributed by atoms with van der Waals surface area (Å²) in [5, 5.41) is 13.6. The minimum absolute atomic E-state index is 0.0973. The number of alkyl halides is 5. The summed E-state index contributed by atoms with van der Waals surface area (Å²) in [6.07, 6.45) is -3.03. The van der Waals surface area contributed by atoms with Crippen molar-refractivity contribution in [2.24, 2.45) is 0 Å². The van der Waals surface area contributed by atoms with E-state index in [0.717, 1.165) is 30.5 Å². The maximum Gasteiger partial charge on any atom is 0.416 e. The third-order valence-corrected chi connectivity index (χ3v) is 4.93. The van der Waals surface area contributed by atoms with E-state index in [9.17, 15) is 36.3 Å². The number of rotatable bonds is 5. The number of halogens is 5. The Kier molecular flexibility index (Phi) is 6.80. The molecule has 0 unspecified atom stereocenters. The molecule has 34 heavy (non-hydrogen) atoms. The van der Waals surface area contributed by atoms with Gasteiger partial charge in [-0.15, -0.1) is 0 Å². The minimum Gasteiger partial charge on any atom is -0.343 e. The highest BCUT2D eigenvalue weighted by Gasteiger charge is 2.47. The Balaban J connectivity index is 1.66. The molecule has 0 saturated carbocycles. The van der Waals surface area contributed by atoms with Crippen molar-refractivity contribution in [3.05, 3.63) is 59.4 Å². The molecule has 1 fully saturated rings. The topological polar surface area (TPSA) is 115 Å². The van der Waals surface area contributed by atoms with Gasteiger partial charge in [0.2, 0.25) is 5.91 Å². The quantitative estimate of drug-likeness (QED) is 0.638. The first-order chi connectivity index (χ1) is 15.9. The van der Waals surface area contributed by atoms with Crippen LogP contribution in [-0.4, -0.2) is 52.7 Å². The van der Waals surface area contributed by atoms with Crippen molar-refractivity contribution in [1.29, 1.82) is 5.26 Å². The largest absolute Gasteiger partial charge is 0.416 e. The lowest BCUT2D eigenvalue weighted by Crippen LogP contribution is -2.43. The van der Waals surface area contributed by atoms with Crippen molar-refractivity contribution < 1.29 is 36.3 Å². The van der Waals surface area contributed by atoms with E-state index in [1.54, 1.807) is 6.07 Å². The average molecular weight is 481 g/mol. The number of aromatic nitrogens is 1. The fourth-order valence-corrected chi connectivity index (χ4v) is 3.24. The number of nitrogens with one attached hydrogen (secondary N) is 2. The summed E-state index contributed by atoms with van der Waals surface area (Å²) in [6, 6.07) is 4.90. The Bertz CT molecular complexity index is 1140. The fourth-order valence-electron chi connectivity index (χ4n) is 3.24. The average Bonchev–Trinajstić information content (AvgIpc) is 3.11. The summed E-state index contributed by atoms with van der Waals surface area (Å²) in [5.74, 6) is -5.76. The number of anilines is 1. The second-order valence-corrected chi connectivity index (χ2v) is 7.36. The van der Waals surface area contributed by atoms with Gasteiger partial charge in [0.05, 0.1) is 42.2 Å². The fraction of sp³-hybridized carbons (Fsp3) is 0.286. The molecule has 3 rings (SSSR count). The standard InChI is InChI=1S/C21H16F5N5O3/c22-20(23)7-14(8-27)31(11-20)17(32)10-29-19(34)15-5-6-28-9-16(15)30-18(33)12-1-3-13(4-2-12)21(24,25)26/h1-6,9,14H,7,10-11H2,(H,29,34)(H,30,33)/t14-/m0/s1. The van der Waals surface area contributed by atoms with Crippen molar-refractivity contribution >= 4 is 23.4 Å². The van der Waals surface area contributed by atoms with Gasteiger partial charge in [-0.25, -0.2) is 8.78 Å². The summed E-state index contributed by atoms with van der Waals surface area (Å²) in [5.41, 5.74) is -1.29. The number of pyridine rings is 1. The smallest absolute Gasteiger partial charge is 0.343 e. The van der Waals surface area contributed by atoms with Gasteiger partial charge in [0, 0.05) is 18.2 Å². The van der Waals surface area contributed by atoms with Gasteiger partial charge in [-0.3, -0.25) is 19.4 Å². The van der Waals surface area contributed by atoms with Crippen LogP contribution in [0.4, 0.5) is 27.6 Å². The van der Waals surface area contributed by atoms with E-state index in [2.05, 4.69) is 15.6 Å². The van der Waals surface area contributed by atoms with Crippen molar-refractivity contribution in [3.63, 3.8) is 0 Å². The van der Waals surface area contributed by atoms with E-state index < -0.39 is 60.9 Å². The van der Waals surface area contributed by atoms with Crippen LogP contribution >= 0.6 is 0 Å². The van der Waals surface area contributed by atoms with Crippen molar-refractivity contribution in [3.8, 4) is 6.07 Å². The lowest BCUT2D eigenvalue weighted by molar-refractivity contribution is -0.137. The summed E-state index contributed by atoms with van der Waals surface area (Å²) in [4.78, 5) is 41.7. The molecular formula is C21H16F5N5O3. The maximum absolute atomic E-state index is 13.5. The van der Waals surface area contributed by atoms with Crippen LogP contribution < -0.4 is 10.6 Å². The Morgan fingerprint density at radius 1 is 1.15 bits per heavy atom. The highest BCUT2D eigenvalue weighted by Crippen LogP contribution is 2.32. The number of hydrogen-bond donors (Lipinski definition) is 2. The molecule has 1 aliphatic rings. The van der Waals surface area contributed by atoms with E-state index in [0.29, 0.717) is 4.90 Å². The van der Waals surface area contributed by atoms with Crippen molar-refractivity contribution in [2.45, 2.75) is 24.6 Å². The third-order valence-electron chi connectivity index (χ3n) is 4.93. The second kappa shape index (κ2) is 9.42. The Morgan fingerprint density at radius 2 is 1.82 bits per heavy atom. The maximum atomic E-state index is 13.5. The summed E-state index contributed by atoms with van der Waals surface area (Å²) >= 11 is 0. The van der Waals surface area contributed by atoms with Crippen LogP contribution in [0.3, 0.4) is 0 Å². The Morgan fingerprint density at radius 3 is 2.44 bits per heavy atom. The van der Waals surface area contributed by atoms with Crippen LogP contribution in [0, 0.1) is 11.3 Å². The molecule has 1 aliphatic heterocycles. The molecule has 2 heterocycles. The molecule has 2 N–H and O–H groups in total. The van der Waals surface area contributed by atoms with E-state index in [1.165, 1.54) is 12.3 Å². The van der Waals surface area contributed by atoms with E-state index >= 15 is 0 Å². The Hall–Kier alpha value is -4.08. The van der Waals surface area contributed by atoms with Gasteiger partial charge in [0.1, 0.15) is 6.04 Å². The monoisotopic (exact) mass is 481 g/mol. The van der Waals surface area contributed by atoms with Crippen LogP contribution in [0.2, 0.25) is 0 Å². The minimum atomic E-state index is -4.57. The first-order valence-corrected chi connectivity index (χ1v) is 9.69. The van der Waals surface area contributed by atoms with Gasteiger partial charge in [0.25, 0.3) is 17.7 Å². The molecule has 13 heteroatoms. The van der Waals surface area contributed by atoms with Crippen LogP contribution in [0.1, 0.15) is 32.7 Å². The summed E-state index contributed by atoms with van der Waals surface area (Å²) in [7, 11) is 0. The van der Waals surface area contributed by atoms with Gasteiger partial charge in [-0.2, -0.15) is 18.4 Å². The predicted octanol–water partition coefficient (Wildman–Crippen LogP) is 2.84. The molecule has 3 amide bonds. The molecule has 1 saturated heterocycles. The number of hydrogen-bond acceptors (Lipinski definition) is 5. The Labute approximate surface area is 189 Å². The lowest BCUT2D eigenvalue weighted by atomic mass is 10.1. The lowest BCUT2D eigenvalue weighted by Gasteiger charge is -2.19. The SMILES string of the molecule is N#C[C@@H]1CC(F)(F)CN1C(=O)CNC(=O)c1ccncc1NC(=O)c1ccc(C(F)(F)F)cc1. The molecular weight excluding hydrogens is 465 g/mol. The van der Waals surface area contributed by atoms with E-state index in [-0.39, 0.29) is 16.8 Å². The molecule has 1 aromatic carbocycles. The molecule has 178 valence electrons. The zero-order valence-corrected chi connectivity index (χ0v) is 17.2. The molecule has 0 bridgehead atoms. The molecule has 2 aromatic rings. The zero-order chi connectivity index (χ0) is 25.1. The molecule has 0 aliphatic carbocycles.